The Morgan fingerprint density at radius 3 is 2.50 bits per heavy atom. The summed E-state index contributed by atoms with van der Waals surface area (Å²) in [5.74, 6) is -0.982. The van der Waals surface area contributed by atoms with Gasteiger partial charge >= 0.3 is 5.97 Å². The van der Waals surface area contributed by atoms with Gasteiger partial charge in [0.15, 0.2) is 0 Å². The van der Waals surface area contributed by atoms with Crippen molar-refractivity contribution in [2.75, 3.05) is 7.11 Å². The molecule has 3 aromatic rings. The van der Waals surface area contributed by atoms with Crippen LogP contribution in [0.25, 0.3) is 22.5 Å². The van der Waals surface area contributed by atoms with Crippen LogP contribution in [-0.4, -0.2) is 28.0 Å². The molecule has 3 rings (SSSR count). The van der Waals surface area contributed by atoms with Gasteiger partial charge in [0.05, 0.1) is 15.7 Å². The van der Waals surface area contributed by atoms with E-state index in [2.05, 4.69) is 21.0 Å². The molecule has 0 saturated heterocycles. The number of carboxylic acids is 1. The monoisotopic (exact) mass is 386 g/mol. The summed E-state index contributed by atoms with van der Waals surface area (Å²) >= 11 is 3.60. The van der Waals surface area contributed by atoms with Crippen LogP contribution < -0.4 is 0 Å². The molecule has 1 aromatic heterocycles. The first-order chi connectivity index (χ1) is 11.6. The average molecular weight is 387 g/mol. The van der Waals surface area contributed by atoms with Gasteiger partial charge in [-0.2, -0.15) is 5.10 Å². The third-order valence-electron chi connectivity index (χ3n) is 3.61. The Labute approximate surface area is 147 Å². The van der Waals surface area contributed by atoms with Crippen molar-refractivity contribution in [3.05, 3.63) is 64.6 Å². The lowest BCUT2D eigenvalue weighted by Gasteiger charge is -2.09. The molecule has 5 nitrogen and oxygen atoms in total. The maximum atomic E-state index is 11.6. The SMILES string of the molecule is COCn1nc(-c2ccccc2)c(Br)c1-c1ccccc1C(=O)O. The summed E-state index contributed by atoms with van der Waals surface area (Å²) in [6.07, 6.45) is 0. The predicted molar refractivity (Wildman–Crippen MR) is 94.8 cm³/mol. The Kier molecular flexibility index (Phi) is 4.78. The number of carboxylic acid groups (broad SMARTS) is 1. The molecule has 122 valence electrons. The third kappa shape index (κ3) is 2.98. The van der Waals surface area contributed by atoms with E-state index in [1.807, 2.05) is 30.3 Å². The number of carbonyl (C=O) groups is 1. The minimum atomic E-state index is -0.982. The number of ether oxygens (including phenoxy) is 1. The molecule has 0 unspecified atom stereocenters. The minimum Gasteiger partial charge on any atom is -0.478 e. The zero-order valence-electron chi connectivity index (χ0n) is 12.9. The number of aromatic nitrogens is 2. The molecule has 0 radical (unpaired) electrons. The van der Waals surface area contributed by atoms with Crippen LogP contribution in [0.1, 0.15) is 10.4 Å². The van der Waals surface area contributed by atoms with Gasteiger partial charge in [0.2, 0.25) is 0 Å². The van der Waals surface area contributed by atoms with Gasteiger partial charge in [-0.3, -0.25) is 0 Å². The molecule has 0 fully saturated rings. The first-order valence-corrected chi connectivity index (χ1v) is 8.06. The molecule has 1 N–H and O–H groups in total. The second kappa shape index (κ2) is 6.98. The molecule has 2 aromatic carbocycles. The molecular weight excluding hydrogens is 372 g/mol. The van der Waals surface area contributed by atoms with Gasteiger partial charge < -0.3 is 9.84 Å². The van der Waals surface area contributed by atoms with Crippen molar-refractivity contribution in [1.82, 2.24) is 9.78 Å². The highest BCUT2D eigenvalue weighted by atomic mass is 79.9. The smallest absolute Gasteiger partial charge is 0.336 e. The largest absolute Gasteiger partial charge is 0.478 e. The highest BCUT2D eigenvalue weighted by molar-refractivity contribution is 9.10. The van der Waals surface area contributed by atoms with Crippen LogP contribution in [0.3, 0.4) is 0 Å². The number of benzene rings is 2. The molecule has 0 aliphatic carbocycles. The molecular formula is C18H15BrN2O3. The van der Waals surface area contributed by atoms with Crippen LogP contribution in [0.2, 0.25) is 0 Å². The summed E-state index contributed by atoms with van der Waals surface area (Å²) in [4.78, 5) is 11.6. The molecule has 0 amide bonds. The summed E-state index contributed by atoms with van der Waals surface area (Å²) < 4.78 is 7.62. The number of rotatable bonds is 5. The van der Waals surface area contributed by atoms with Crippen molar-refractivity contribution in [3.8, 4) is 22.5 Å². The van der Waals surface area contributed by atoms with Crippen LogP contribution in [-0.2, 0) is 11.5 Å². The van der Waals surface area contributed by atoms with E-state index in [9.17, 15) is 9.90 Å². The number of nitrogens with zero attached hydrogens (tertiary/aromatic N) is 2. The first-order valence-electron chi connectivity index (χ1n) is 7.27. The van der Waals surface area contributed by atoms with E-state index in [1.54, 1.807) is 36.1 Å². The molecule has 0 spiro atoms. The van der Waals surface area contributed by atoms with E-state index < -0.39 is 5.97 Å². The van der Waals surface area contributed by atoms with Crippen molar-refractivity contribution in [1.29, 1.82) is 0 Å². The number of hydrogen-bond donors (Lipinski definition) is 1. The highest BCUT2D eigenvalue weighted by Crippen LogP contribution is 2.38. The Balaban J connectivity index is 2.25. The van der Waals surface area contributed by atoms with Gasteiger partial charge in [-0.15, -0.1) is 0 Å². The molecule has 0 bridgehead atoms. The summed E-state index contributed by atoms with van der Waals surface area (Å²) in [5, 5.41) is 14.1. The van der Waals surface area contributed by atoms with Gasteiger partial charge in [0.25, 0.3) is 0 Å². The number of hydrogen-bond acceptors (Lipinski definition) is 3. The fraction of sp³-hybridized carbons (Fsp3) is 0.111. The van der Waals surface area contributed by atoms with Crippen LogP contribution in [0, 0.1) is 0 Å². The fourth-order valence-corrected chi connectivity index (χ4v) is 3.30. The van der Waals surface area contributed by atoms with E-state index in [1.165, 1.54) is 0 Å². The first kappa shape index (κ1) is 16.4. The lowest BCUT2D eigenvalue weighted by molar-refractivity contribution is 0.0697. The van der Waals surface area contributed by atoms with E-state index >= 15 is 0 Å². The Bertz CT molecular complexity index is 875. The number of aromatic carboxylic acids is 1. The van der Waals surface area contributed by atoms with Gasteiger partial charge in [0.1, 0.15) is 12.4 Å². The summed E-state index contributed by atoms with van der Waals surface area (Å²) in [7, 11) is 1.57. The molecule has 1 heterocycles. The molecule has 0 saturated carbocycles. The minimum absolute atomic E-state index is 0.217. The van der Waals surface area contributed by atoms with Crippen molar-refractivity contribution in [2.24, 2.45) is 0 Å². The Morgan fingerprint density at radius 1 is 1.17 bits per heavy atom. The average Bonchev–Trinajstić information content (AvgIpc) is 2.92. The molecule has 0 atom stereocenters. The van der Waals surface area contributed by atoms with E-state index in [4.69, 9.17) is 4.74 Å². The number of halogens is 1. The van der Waals surface area contributed by atoms with Gasteiger partial charge in [-0.1, -0.05) is 48.5 Å². The molecule has 24 heavy (non-hydrogen) atoms. The quantitative estimate of drug-likeness (QED) is 0.710. The van der Waals surface area contributed by atoms with Crippen molar-refractivity contribution in [3.63, 3.8) is 0 Å². The van der Waals surface area contributed by atoms with Gasteiger partial charge in [0, 0.05) is 18.2 Å². The second-order valence-corrected chi connectivity index (χ2v) is 5.94. The van der Waals surface area contributed by atoms with Gasteiger partial charge in [-0.25, -0.2) is 9.48 Å². The zero-order chi connectivity index (χ0) is 17.1. The predicted octanol–water partition coefficient (Wildman–Crippen LogP) is 4.28. The maximum Gasteiger partial charge on any atom is 0.336 e. The Hall–Kier alpha value is -2.44. The van der Waals surface area contributed by atoms with E-state index in [0.717, 1.165) is 15.7 Å². The lowest BCUT2D eigenvalue weighted by Crippen LogP contribution is -2.07. The van der Waals surface area contributed by atoms with Crippen LogP contribution in [0.5, 0.6) is 0 Å². The van der Waals surface area contributed by atoms with Crippen molar-refractivity contribution >= 4 is 21.9 Å². The highest BCUT2D eigenvalue weighted by Gasteiger charge is 2.22. The summed E-state index contributed by atoms with van der Waals surface area (Å²) in [6, 6.07) is 16.6. The van der Waals surface area contributed by atoms with Crippen molar-refractivity contribution < 1.29 is 14.6 Å². The normalized spacial score (nSPS) is 10.8. The van der Waals surface area contributed by atoms with Gasteiger partial charge in [-0.05, 0) is 22.0 Å². The summed E-state index contributed by atoms with van der Waals surface area (Å²) in [5.41, 5.74) is 3.16. The molecule has 0 aliphatic rings. The number of methoxy groups -OCH3 is 1. The van der Waals surface area contributed by atoms with E-state index in [-0.39, 0.29) is 12.3 Å². The molecule has 6 heteroatoms. The van der Waals surface area contributed by atoms with Crippen LogP contribution in [0.15, 0.2) is 59.1 Å². The fourth-order valence-electron chi connectivity index (χ4n) is 2.57. The molecule has 0 aliphatic heterocycles. The zero-order valence-corrected chi connectivity index (χ0v) is 14.5. The van der Waals surface area contributed by atoms with Crippen molar-refractivity contribution in [2.45, 2.75) is 6.73 Å². The van der Waals surface area contributed by atoms with E-state index in [0.29, 0.717) is 11.3 Å². The Morgan fingerprint density at radius 2 is 1.83 bits per heavy atom. The standard InChI is InChI=1S/C18H15BrN2O3/c1-24-11-21-17(13-9-5-6-10-14(13)18(22)23)15(19)16(20-21)12-7-3-2-4-8-12/h2-10H,11H2,1H3,(H,22,23). The maximum absolute atomic E-state index is 11.6. The lowest BCUT2D eigenvalue weighted by atomic mass is 10.0. The summed E-state index contributed by atoms with van der Waals surface area (Å²) in [6.45, 7) is 0.217. The third-order valence-corrected chi connectivity index (χ3v) is 4.36. The van der Waals surface area contributed by atoms with Crippen LogP contribution in [0.4, 0.5) is 0 Å². The van der Waals surface area contributed by atoms with Crippen LogP contribution >= 0.6 is 15.9 Å². The topological polar surface area (TPSA) is 64.4 Å². The second-order valence-electron chi connectivity index (χ2n) is 5.15.